The highest BCUT2D eigenvalue weighted by molar-refractivity contribution is 5.95. The maximum absolute atomic E-state index is 12.0. The summed E-state index contributed by atoms with van der Waals surface area (Å²) in [6.45, 7) is 7.88. The minimum Gasteiger partial charge on any atom is -0.360 e. The van der Waals surface area contributed by atoms with Gasteiger partial charge in [-0.25, -0.2) is 0 Å². The van der Waals surface area contributed by atoms with Crippen LogP contribution < -0.4 is 9.80 Å². The molecule has 2 heterocycles. The highest BCUT2D eigenvalue weighted by atomic mass is 16.5. The molecule has 1 unspecified atom stereocenters. The van der Waals surface area contributed by atoms with Gasteiger partial charge in [0.2, 0.25) is 11.8 Å². The molecular weight excluding hydrogens is 292 g/mol. The van der Waals surface area contributed by atoms with Crippen molar-refractivity contribution in [2.45, 2.75) is 33.7 Å². The zero-order valence-corrected chi connectivity index (χ0v) is 13.8. The SMILES string of the molecule is CCc1noc(CN2CC(C)CN(C(C)=O)c3ccccc32)n1. The van der Waals surface area contributed by atoms with Gasteiger partial charge in [-0.15, -0.1) is 0 Å². The highest BCUT2D eigenvalue weighted by Crippen LogP contribution is 2.34. The van der Waals surface area contributed by atoms with Crippen molar-refractivity contribution in [1.82, 2.24) is 10.1 Å². The van der Waals surface area contributed by atoms with E-state index in [-0.39, 0.29) is 5.91 Å². The number of para-hydroxylation sites is 2. The van der Waals surface area contributed by atoms with E-state index in [2.05, 4.69) is 22.0 Å². The second kappa shape index (κ2) is 6.40. The number of anilines is 2. The van der Waals surface area contributed by atoms with Crippen LogP contribution in [0.1, 0.15) is 32.5 Å². The first-order valence-corrected chi connectivity index (χ1v) is 8.02. The Morgan fingerprint density at radius 1 is 1.30 bits per heavy atom. The number of rotatable bonds is 3. The molecule has 122 valence electrons. The van der Waals surface area contributed by atoms with Gasteiger partial charge in [0.25, 0.3) is 0 Å². The zero-order chi connectivity index (χ0) is 16.4. The standard InChI is InChI=1S/C17H22N4O2/c1-4-16-18-17(23-19-16)11-20-9-12(2)10-21(13(3)22)15-8-6-5-7-14(15)20/h5-8,12H,4,9-11H2,1-3H3. The third-order valence-electron chi connectivity index (χ3n) is 4.07. The molecule has 0 bridgehead atoms. The average molecular weight is 314 g/mol. The Balaban J connectivity index is 1.95. The zero-order valence-electron chi connectivity index (χ0n) is 13.8. The quantitative estimate of drug-likeness (QED) is 0.871. The Bertz CT molecular complexity index is 697. The highest BCUT2D eigenvalue weighted by Gasteiger charge is 2.27. The predicted octanol–water partition coefficient (Wildman–Crippen LogP) is 2.64. The largest absolute Gasteiger partial charge is 0.360 e. The predicted molar refractivity (Wildman–Crippen MR) is 88.4 cm³/mol. The van der Waals surface area contributed by atoms with Crippen LogP contribution in [0.3, 0.4) is 0 Å². The van der Waals surface area contributed by atoms with E-state index >= 15 is 0 Å². The maximum Gasteiger partial charge on any atom is 0.246 e. The Morgan fingerprint density at radius 2 is 2.04 bits per heavy atom. The topological polar surface area (TPSA) is 62.5 Å². The van der Waals surface area contributed by atoms with Crippen LogP contribution in [-0.4, -0.2) is 29.1 Å². The third kappa shape index (κ3) is 3.21. The number of benzene rings is 1. The first-order chi connectivity index (χ1) is 11.1. The van der Waals surface area contributed by atoms with Gasteiger partial charge in [0.05, 0.1) is 17.9 Å². The summed E-state index contributed by atoms with van der Waals surface area (Å²) >= 11 is 0. The van der Waals surface area contributed by atoms with Crippen molar-refractivity contribution in [2.75, 3.05) is 22.9 Å². The Kier molecular flexibility index (Phi) is 4.32. The van der Waals surface area contributed by atoms with E-state index in [1.165, 1.54) is 0 Å². The number of fused-ring (bicyclic) bond motifs is 1. The van der Waals surface area contributed by atoms with Crippen LogP contribution in [0.25, 0.3) is 0 Å². The molecule has 1 amide bonds. The van der Waals surface area contributed by atoms with Crippen LogP contribution in [0.2, 0.25) is 0 Å². The van der Waals surface area contributed by atoms with Gasteiger partial charge < -0.3 is 14.3 Å². The molecule has 0 radical (unpaired) electrons. The minimum absolute atomic E-state index is 0.0669. The molecule has 23 heavy (non-hydrogen) atoms. The molecule has 6 heteroatoms. The third-order valence-corrected chi connectivity index (χ3v) is 4.07. The number of nitrogens with zero attached hydrogens (tertiary/aromatic N) is 4. The lowest BCUT2D eigenvalue weighted by atomic mass is 10.1. The van der Waals surface area contributed by atoms with Crippen LogP contribution in [0, 0.1) is 5.92 Å². The van der Waals surface area contributed by atoms with Crippen molar-refractivity contribution in [3.8, 4) is 0 Å². The summed E-state index contributed by atoms with van der Waals surface area (Å²) in [7, 11) is 0. The van der Waals surface area contributed by atoms with E-state index in [0.717, 1.165) is 30.2 Å². The van der Waals surface area contributed by atoms with Gasteiger partial charge in [-0.1, -0.05) is 31.1 Å². The van der Waals surface area contributed by atoms with Crippen molar-refractivity contribution in [3.05, 3.63) is 36.0 Å². The molecule has 1 atom stereocenters. The van der Waals surface area contributed by atoms with Gasteiger partial charge in [0.1, 0.15) is 0 Å². The van der Waals surface area contributed by atoms with Gasteiger partial charge in [0.15, 0.2) is 5.82 Å². The Hall–Kier alpha value is -2.37. The molecule has 1 aliphatic rings. The van der Waals surface area contributed by atoms with Crippen LogP contribution in [0.15, 0.2) is 28.8 Å². The smallest absolute Gasteiger partial charge is 0.246 e. The number of hydrogen-bond acceptors (Lipinski definition) is 5. The van der Waals surface area contributed by atoms with Gasteiger partial charge in [-0.3, -0.25) is 4.79 Å². The summed E-state index contributed by atoms with van der Waals surface area (Å²) < 4.78 is 5.34. The number of aromatic nitrogens is 2. The van der Waals surface area contributed by atoms with Crippen LogP contribution in [-0.2, 0) is 17.8 Å². The van der Waals surface area contributed by atoms with E-state index in [1.54, 1.807) is 6.92 Å². The Morgan fingerprint density at radius 3 is 2.70 bits per heavy atom. The molecule has 2 aromatic rings. The van der Waals surface area contributed by atoms with Crippen molar-refractivity contribution < 1.29 is 9.32 Å². The lowest BCUT2D eigenvalue weighted by Crippen LogP contribution is -2.33. The lowest BCUT2D eigenvalue weighted by molar-refractivity contribution is -0.116. The number of aryl methyl sites for hydroxylation is 1. The van der Waals surface area contributed by atoms with E-state index in [0.29, 0.717) is 24.9 Å². The van der Waals surface area contributed by atoms with E-state index in [1.807, 2.05) is 36.1 Å². The number of amides is 1. The fourth-order valence-electron chi connectivity index (χ4n) is 3.01. The second-order valence-electron chi connectivity index (χ2n) is 6.06. The number of carbonyl (C=O) groups excluding carboxylic acids is 1. The molecule has 0 saturated heterocycles. The summed E-state index contributed by atoms with van der Waals surface area (Å²) in [5.74, 6) is 1.75. The van der Waals surface area contributed by atoms with E-state index < -0.39 is 0 Å². The fourth-order valence-corrected chi connectivity index (χ4v) is 3.01. The summed E-state index contributed by atoms with van der Waals surface area (Å²) in [4.78, 5) is 20.5. The monoisotopic (exact) mass is 314 g/mol. The maximum atomic E-state index is 12.0. The van der Waals surface area contributed by atoms with Gasteiger partial charge >= 0.3 is 0 Å². The second-order valence-corrected chi connectivity index (χ2v) is 6.06. The molecular formula is C17H22N4O2. The molecule has 0 N–H and O–H groups in total. The summed E-state index contributed by atoms with van der Waals surface area (Å²) in [6.07, 6.45) is 0.759. The molecule has 0 fully saturated rings. The molecule has 6 nitrogen and oxygen atoms in total. The van der Waals surface area contributed by atoms with Crippen molar-refractivity contribution >= 4 is 17.3 Å². The normalized spacial score (nSPS) is 17.8. The average Bonchev–Trinajstić information content (AvgIpc) is 2.93. The number of carbonyl (C=O) groups is 1. The molecule has 0 aliphatic carbocycles. The minimum atomic E-state index is 0.0669. The molecule has 0 saturated carbocycles. The summed E-state index contributed by atoms with van der Waals surface area (Å²) in [5.41, 5.74) is 1.97. The van der Waals surface area contributed by atoms with Crippen molar-refractivity contribution in [2.24, 2.45) is 5.92 Å². The molecule has 3 rings (SSSR count). The first kappa shape index (κ1) is 15.5. The van der Waals surface area contributed by atoms with Crippen LogP contribution in [0.4, 0.5) is 11.4 Å². The lowest BCUT2D eigenvalue weighted by Gasteiger charge is -2.25. The van der Waals surface area contributed by atoms with Crippen molar-refractivity contribution in [3.63, 3.8) is 0 Å². The van der Waals surface area contributed by atoms with Gasteiger partial charge in [-0.2, -0.15) is 4.98 Å². The van der Waals surface area contributed by atoms with Gasteiger partial charge in [-0.05, 0) is 18.1 Å². The first-order valence-electron chi connectivity index (χ1n) is 8.02. The molecule has 0 spiro atoms. The molecule has 1 aromatic carbocycles. The number of hydrogen-bond donors (Lipinski definition) is 0. The van der Waals surface area contributed by atoms with Crippen LogP contribution >= 0.6 is 0 Å². The van der Waals surface area contributed by atoms with E-state index in [4.69, 9.17) is 4.52 Å². The summed E-state index contributed by atoms with van der Waals surface area (Å²) in [6, 6.07) is 7.99. The van der Waals surface area contributed by atoms with E-state index in [9.17, 15) is 4.79 Å². The fraction of sp³-hybridized carbons (Fsp3) is 0.471. The van der Waals surface area contributed by atoms with Gasteiger partial charge in [0, 0.05) is 26.4 Å². The summed E-state index contributed by atoms with van der Waals surface area (Å²) in [5, 5.41) is 3.96. The van der Waals surface area contributed by atoms with Crippen molar-refractivity contribution in [1.29, 1.82) is 0 Å². The Labute approximate surface area is 136 Å². The molecule has 1 aromatic heterocycles. The van der Waals surface area contributed by atoms with Crippen LogP contribution in [0.5, 0.6) is 0 Å². The molecule has 1 aliphatic heterocycles.